The van der Waals surface area contributed by atoms with Gasteiger partial charge in [0, 0.05) is 17.8 Å². The Kier molecular flexibility index (Phi) is 5.86. The number of hydrogen-bond acceptors (Lipinski definition) is 4. The SMILES string of the molecule is Cc1cc(Cl)c(C)c(S(=O)(=O)NCCOc2cccnc2)c1Cl. The normalized spacial score (nSPS) is 11.5. The molecule has 0 fully saturated rings. The first-order chi connectivity index (χ1) is 10.8. The van der Waals surface area contributed by atoms with E-state index in [0.717, 1.165) is 0 Å². The molecule has 124 valence electrons. The van der Waals surface area contributed by atoms with Crippen LogP contribution in [-0.4, -0.2) is 26.6 Å². The highest BCUT2D eigenvalue weighted by atomic mass is 35.5. The molecule has 0 aliphatic rings. The van der Waals surface area contributed by atoms with Crippen LogP contribution in [0.5, 0.6) is 5.75 Å². The van der Waals surface area contributed by atoms with Crippen LogP contribution in [0.1, 0.15) is 11.1 Å². The Balaban J connectivity index is 2.08. The maximum absolute atomic E-state index is 12.5. The molecule has 0 spiro atoms. The molecule has 23 heavy (non-hydrogen) atoms. The largest absolute Gasteiger partial charge is 0.491 e. The first-order valence-corrected chi connectivity index (χ1v) is 9.04. The Bertz CT molecular complexity index is 770. The van der Waals surface area contributed by atoms with Gasteiger partial charge in [-0.15, -0.1) is 0 Å². The summed E-state index contributed by atoms with van der Waals surface area (Å²) < 4.78 is 32.8. The van der Waals surface area contributed by atoms with Crippen LogP contribution < -0.4 is 9.46 Å². The molecule has 0 atom stereocenters. The van der Waals surface area contributed by atoms with Crippen LogP contribution in [-0.2, 0) is 10.0 Å². The van der Waals surface area contributed by atoms with E-state index in [1.165, 1.54) is 0 Å². The third kappa shape index (κ3) is 4.35. The molecule has 2 aromatic rings. The second-order valence-electron chi connectivity index (χ2n) is 4.88. The standard InChI is InChI=1S/C15H16Cl2N2O3S/c1-10-8-13(16)11(2)15(14(10)17)23(20,21)19-6-7-22-12-4-3-5-18-9-12/h3-5,8-9,19H,6-7H2,1-2H3. The van der Waals surface area contributed by atoms with Crippen LogP contribution in [0.4, 0.5) is 0 Å². The number of nitrogens with zero attached hydrogens (tertiary/aromatic N) is 1. The summed E-state index contributed by atoms with van der Waals surface area (Å²) in [7, 11) is -3.78. The molecule has 0 bridgehead atoms. The summed E-state index contributed by atoms with van der Waals surface area (Å²) in [6, 6.07) is 5.12. The molecule has 0 aliphatic carbocycles. The second-order valence-corrected chi connectivity index (χ2v) is 7.37. The van der Waals surface area contributed by atoms with Crippen molar-refractivity contribution in [1.29, 1.82) is 0 Å². The number of aromatic nitrogens is 1. The van der Waals surface area contributed by atoms with Crippen molar-refractivity contribution >= 4 is 33.2 Å². The van der Waals surface area contributed by atoms with Crippen LogP contribution in [0.2, 0.25) is 10.0 Å². The van der Waals surface area contributed by atoms with Crippen molar-refractivity contribution in [2.75, 3.05) is 13.2 Å². The topological polar surface area (TPSA) is 68.3 Å². The second kappa shape index (κ2) is 7.49. The summed E-state index contributed by atoms with van der Waals surface area (Å²) in [5.41, 5.74) is 1.03. The average molecular weight is 375 g/mol. The van der Waals surface area contributed by atoms with Crippen molar-refractivity contribution in [1.82, 2.24) is 9.71 Å². The molecule has 0 aliphatic heterocycles. The maximum atomic E-state index is 12.5. The number of sulfonamides is 1. The predicted octanol–water partition coefficient (Wildman–Crippen LogP) is 3.36. The summed E-state index contributed by atoms with van der Waals surface area (Å²) in [6.45, 7) is 3.59. The van der Waals surface area contributed by atoms with Gasteiger partial charge in [0.15, 0.2) is 0 Å². The zero-order valence-corrected chi connectivity index (χ0v) is 15.0. The van der Waals surface area contributed by atoms with E-state index in [-0.39, 0.29) is 23.1 Å². The minimum atomic E-state index is -3.78. The summed E-state index contributed by atoms with van der Waals surface area (Å²) in [5, 5.41) is 0.534. The van der Waals surface area contributed by atoms with Gasteiger partial charge in [-0.1, -0.05) is 23.2 Å². The lowest BCUT2D eigenvalue weighted by Crippen LogP contribution is -2.29. The molecule has 1 N–H and O–H groups in total. The Morgan fingerprint density at radius 3 is 2.70 bits per heavy atom. The van der Waals surface area contributed by atoms with Crippen LogP contribution in [0.15, 0.2) is 35.5 Å². The molecule has 0 saturated carbocycles. The van der Waals surface area contributed by atoms with Crippen LogP contribution >= 0.6 is 23.2 Å². The van der Waals surface area contributed by atoms with Gasteiger partial charge in [-0.05, 0) is 43.2 Å². The Hall–Kier alpha value is -1.34. The minimum absolute atomic E-state index is 0.00513. The summed E-state index contributed by atoms with van der Waals surface area (Å²) >= 11 is 12.2. The number of aryl methyl sites for hydroxylation is 1. The van der Waals surface area contributed by atoms with E-state index in [0.29, 0.717) is 21.9 Å². The monoisotopic (exact) mass is 374 g/mol. The van der Waals surface area contributed by atoms with E-state index < -0.39 is 10.0 Å². The lowest BCUT2D eigenvalue weighted by atomic mass is 10.2. The van der Waals surface area contributed by atoms with Crippen molar-refractivity contribution in [3.05, 3.63) is 51.8 Å². The smallest absolute Gasteiger partial charge is 0.242 e. The van der Waals surface area contributed by atoms with Crippen LogP contribution in [0.3, 0.4) is 0 Å². The van der Waals surface area contributed by atoms with Gasteiger partial charge in [0.25, 0.3) is 0 Å². The van der Waals surface area contributed by atoms with Crippen LogP contribution in [0.25, 0.3) is 0 Å². The predicted molar refractivity (Wildman–Crippen MR) is 90.9 cm³/mol. The summed E-state index contributed by atoms with van der Waals surface area (Å²) in [6.07, 6.45) is 3.18. The lowest BCUT2D eigenvalue weighted by Gasteiger charge is -2.14. The highest BCUT2D eigenvalue weighted by Crippen LogP contribution is 2.33. The number of pyridine rings is 1. The highest BCUT2D eigenvalue weighted by Gasteiger charge is 2.23. The first kappa shape index (κ1) is 18.0. The molecule has 0 amide bonds. The molecule has 0 saturated heterocycles. The number of nitrogens with one attached hydrogen (secondary N) is 1. The number of halogens is 2. The molecular weight excluding hydrogens is 359 g/mol. The van der Waals surface area contributed by atoms with E-state index >= 15 is 0 Å². The van der Waals surface area contributed by atoms with Gasteiger partial charge in [-0.2, -0.15) is 0 Å². The van der Waals surface area contributed by atoms with Crippen molar-refractivity contribution < 1.29 is 13.2 Å². The Morgan fingerprint density at radius 2 is 2.04 bits per heavy atom. The fraction of sp³-hybridized carbons (Fsp3) is 0.267. The average Bonchev–Trinajstić information content (AvgIpc) is 2.51. The third-order valence-corrected chi connectivity index (χ3v) is 5.78. The minimum Gasteiger partial charge on any atom is -0.491 e. The van der Waals surface area contributed by atoms with Gasteiger partial charge in [0.05, 0.1) is 11.2 Å². The van der Waals surface area contributed by atoms with E-state index in [4.69, 9.17) is 27.9 Å². The number of rotatable bonds is 6. The van der Waals surface area contributed by atoms with E-state index in [9.17, 15) is 8.42 Å². The number of benzene rings is 1. The van der Waals surface area contributed by atoms with E-state index in [2.05, 4.69) is 9.71 Å². The van der Waals surface area contributed by atoms with E-state index in [1.54, 1.807) is 44.4 Å². The maximum Gasteiger partial charge on any atom is 0.242 e. The fourth-order valence-electron chi connectivity index (χ4n) is 1.98. The molecule has 1 heterocycles. The van der Waals surface area contributed by atoms with Gasteiger partial charge in [-0.3, -0.25) is 4.98 Å². The van der Waals surface area contributed by atoms with Crippen molar-refractivity contribution in [3.63, 3.8) is 0 Å². The zero-order valence-electron chi connectivity index (χ0n) is 12.6. The lowest BCUT2D eigenvalue weighted by molar-refractivity contribution is 0.321. The molecule has 5 nitrogen and oxygen atoms in total. The highest BCUT2D eigenvalue weighted by molar-refractivity contribution is 7.89. The molecule has 8 heteroatoms. The van der Waals surface area contributed by atoms with Gasteiger partial charge in [0.1, 0.15) is 17.3 Å². The Morgan fingerprint density at radius 1 is 1.30 bits per heavy atom. The van der Waals surface area contributed by atoms with Gasteiger partial charge in [0.2, 0.25) is 10.0 Å². The van der Waals surface area contributed by atoms with Gasteiger partial charge >= 0.3 is 0 Å². The van der Waals surface area contributed by atoms with Gasteiger partial charge < -0.3 is 4.74 Å². The summed E-state index contributed by atoms with van der Waals surface area (Å²) in [5.74, 6) is 0.569. The molecule has 1 aromatic heterocycles. The number of hydrogen-bond donors (Lipinski definition) is 1. The molecular formula is C15H16Cl2N2O3S. The quantitative estimate of drug-likeness (QED) is 0.787. The van der Waals surface area contributed by atoms with Crippen molar-refractivity contribution in [2.45, 2.75) is 18.7 Å². The first-order valence-electron chi connectivity index (χ1n) is 6.80. The molecule has 1 aromatic carbocycles. The molecule has 0 unspecified atom stereocenters. The molecule has 0 radical (unpaired) electrons. The number of ether oxygens (including phenoxy) is 1. The van der Waals surface area contributed by atoms with Gasteiger partial charge in [-0.25, -0.2) is 13.1 Å². The van der Waals surface area contributed by atoms with Crippen molar-refractivity contribution in [3.8, 4) is 5.75 Å². The van der Waals surface area contributed by atoms with Crippen LogP contribution in [0, 0.1) is 13.8 Å². The fourth-order valence-corrected chi connectivity index (χ4v) is 4.20. The third-order valence-electron chi connectivity index (χ3n) is 3.15. The molecule has 2 rings (SSSR count). The zero-order chi connectivity index (χ0) is 17.0. The van der Waals surface area contributed by atoms with Crippen molar-refractivity contribution in [2.24, 2.45) is 0 Å². The summed E-state index contributed by atoms with van der Waals surface area (Å²) in [4.78, 5) is 3.91. The Labute approximate surface area is 145 Å². The van der Waals surface area contributed by atoms with E-state index in [1.807, 2.05) is 0 Å².